The third-order valence-corrected chi connectivity index (χ3v) is 3.60. The number of aliphatic hydroxyl groups is 1. The highest BCUT2D eigenvalue weighted by Gasteiger charge is 2.29. The zero-order valence-electron chi connectivity index (χ0n) is 11.7. The normalized spacial score (nSPS) is 18.9. The van der Waals surface area contributed by atoms with E-state index in [2.05, 4.69) is 4.99 Å². The minimum atomic E-state index is -0.701. The first-order valence-electron chi connectivity index (χ1n) is 7.03. The first-order chi connectivity index (χ1) is 9.08. The van der Waals surface area contributed by atoms with Gasteiger partial charge in [0.15, 0.2) is 0 Å². The number of hydrogen-bond donors (Lipinski definition) is 1. The number of nitrogens with zero attached hydrogens (tertiary/aromatic N) is 1. The molecule has 0 heterocycles. The van der Waals surface area contributed by atoms with Gasteiger partial charge in [0.2, 0.25) is 0 Å². The summed E-state index contributed by atoms with van der Waals surface area (Å²) in [5, 5.41) is 10.2. The van der Waals surface area contributed by atoms with Crippen molar-refractivity contribution in [3.8, 4) is 5.75 Å². The minimum Gasteiger partial charge on any atom is -0.485 e. The number of benzene rings is 1. The van der Waals surface area contributed by atoms with E-state index in [1.54, 1.807) is 6.21 Å². The van der Waals surface area contributed by atoms with Crippen molar-refractivity contribution in [2.75, 3.05) is 0 Å². The fourth-order valence-electron chi connectivity index (χ4n) is 2.29. The van der Waals surface area contributed by atoms with Crippen molar-refractivity contribution in [1.29, 1.82) is 0 Å². The zero-order valence-corrected chi connectivity index (χ0v) is 11.7. The van der Waals surface area contributed by atoms with Crippen LogP contribution >= 0.6 is 0 Å². The molecule has 0 aliphatic heterocycles. The summed E-state index contributed by atoms with van der Waals surface area (Å²) >= 11 is 0. The molecule has 1 aliphatic carbocycles. The lowest BCUT2D eigenvalue weighted by Crippen LogP contribution is -2.43. The van der Waals surface area contributed by atoms with Gasteiger partial charge in [-0.3, -0.25) is 4.99 Å². The van der Waals surface area contributed by atoms with Gasteiger partial charge in [0.1, 0.15) is 17.5 Å². The molecule has 0 unspecified atom stereocenters. The smallest absolute Gasteiger partial charge is 0.134 e. The van der Waals surface area contributed by atoms with E-state index in [0.717, 1.165) is 18.6 Å². The Morgan fingerprint density at radius 3 is 2.53 bits per heavy atom. The van der Waals surface area contributed by atoms with Crippen molar-refractivity contribution in [1.82, 2.24) is 0 Å². The van der Waals surface area contributed by atoms with Crippen LogP contribution in [0.15, 0.2) is 35.3 Å². The fourth-order valence-corrected chi connectivity index (χ4v) is 2.29. The Morgan fingerprint density at radius 1 is 1.26 bits per heavy atom. The number of aliphatic imine (C=N–C) groups is 1. The number of para-hydroxylation sites is 1. The van der Waals surface area contributed by atoms with Gasteiger partial charge >= 0.3 is 0 Å². The molecule has 1 saturated carbocycles. The lowest BCUT2D eigenvalue weighted by Gasteiger charge is -2.29. The van der Waals surface area contributed by atoms with Crippen molar-refractivity contribution < 1.29 is 9.84 Å². The highest BCUT2D eigenvalue weighted by Crippen LogP contribution is 2.23. The maximum absolute atomic E-state index is 10.2. The summed E-state index contributed by atoms with van der Waals surface area (Å²) in [4.78, 5) is 4.48. The minimum absolute atomic E-state index is 0.391. The number of ether oxygens (including phenoxy) is 1. The molecule has 0 aromatic heterocycles. The second kappa shape index (κ2) is 6.20. The van der Waals surface area contributed by atoms with Crippen molar-refractivity contribution in [2.24, 2.45) is 4.99 Å². The largest absolute Gasteiger partial charge is 0.485 e. The molecule has 19 heavy (non-hydrogen) atoms. The van der Waals surface area contributed by atoms with Gasteiger partial charge in [-0.25, -0.2) is 0 Å². The van der Waals surface area contributed by atoms with Crippen LogP contribution in [-0.4, -0.2) is 29.1 Å². The molecule has 1 N–H and O–H groups in total. The standard InChI is InChI=1S/C16H23NO2/c1-16(2,19-14-10-4-3-5-11-14)15(18)12-17-13-8-6-7-9-13/h3-5,10-13,15,18H,6-9H2,1-2H3/t15-/m1/s1. The van der Waals surface area contributed by atoms with E-state index in [9.17, 15) is 5.11 Å². The lowest BCUT2D eigenvalue weighted by molar-refractivity contribution is 0.0110. The van der Waals surface area contributed by atoms with Gasteiger partial charge in [-0.05, 0) is 38.8 Å². The summed E-state index contributed by atoms with van der Waals surface area (Å²) in [5.74, 6) is 0.765. The molecule has 1 atom stereocenters. The zero-order chi connectivity index (χ0) is 13.7. The van der Waals surface area contributed by atoms with Crippen LogP contribution in [0, 0.1) is 0 Å². The molecule has 2 rings (SSSR count). The van der Waals surface area contributed by atoms with Crippen LogP contribution in [-0.2, 0) is 0 Å². The van der Waals surface area contributed by atoms with Crippen molar-refractivity contribution in [2.45, 2.75) is 57.3 Å². The van der Waals surface area contributed by atoms with E-state index in [1.807, 2.05) is 44.2 Å². The highest BCUT2D eigenvalue weighted by atomic mass is 16.5. The Bertz CT molecular complexity index is 408. The quantitative estimate of drug-likeness (QED) is 0.827. The van der Waals surface area contributed by atoms with Crippen molar-refractivity contribution in [3.05, 3.63) is 30.3 Å². The van der Waals surface area contributed by atoms with Gasteiger partial charge in [-0.1, -0.05) is 31.0 Å². The van der Waals surface area contributed by atoms with E-state index >= 15 is 0 Å². The Labute approximate surface area is 115 Å². The highest BCUT2D eigenvalue weighted by molar-refractivity contribution is 5.65. The van der Waals surface area contributed by atoms with E-state index in [1.165, 1.54) is 12.8 Å². The molecule has 104 valence electrons. The monoisotopic (exact) mass is 261 g/mol. The number of aliphatic hydroxyl groups excluding tert-OH is 1. The molecule has 1 aromatic carbocycles. The third kappa shape index (κ3) is 4.06. The molecule has 0 bridgehead atoms. The van der Waals surface area contributed by atoms with Crippen LogP contribution in [0.5, 0.6) is 5.75 Å². The van der Waals surface area contributed by atoms with Gasteiger partial charge in [0.05, 0.1) is 0 Å². The summed E-state index contributed by atoms with van der Waals surface area (Å²) in [5.41, 5.74) is -0.677. The summed E-state index contributed by atoms with van der Waals surface area (Å²) in [6, 6.07) is 9.96. The molecule has 1 aliphatic rings. The van der Waals surface area contributed by atoms with E-state index in [-0.39, 0.29) is 0 Å². The van der Waals surface area contributed by atoms with Gasteiger partial charge in [0, 0.05) is 12.3 Å². The molecule has 1 aromatic rings. The maximum atomic E-state index is 10.2. The second-order valence-electron chi connectivity index (χ2n) is 5.70. The predicted molar refractivity (Wildman–Crippen MR) is 77.9 cm³/mol. The van der Waals surface area contributed by atoms with E-state index in [0.29, 0.717) is 6.04 Å². The van der Waals surface area contributed by atoms with Crippen molar-refractivity contribution in [3.63, 3.8) is 0 Å². The van der Waals surface area contributed by atoms with E-state index in [4.69, 9.17) is 4.74 Å². The Morgan fingerprint density at radius 2 is 1.89 bits per heavy atom. The molecule has 0 spiro atoms. The first kappa shape index (κ1) is 14.1. The predicted octanol–water partition coefficient (Wildman–Crippen LogP) is 3.22. The Balaban J connectivity index is 1.94. The van der Waals surface area contributed by atoms with Gasteiger partial charge in [-0.2, -0.15) is 0 Å². The number of rotatable bonds is 5. The van der Waals surface area contributed by atoms with Crippen LogP contribution in [0.4, 0.5) is 0 Å². The molecule has 1 fully saturated rings. The van der Waals surface area contributed by atoms with Crippen LogP contribution < -0.4 is 4.74 Å². The van der Waals surface area contributed by atoms with Crippen LogP contribution in [0.2, 0.25) is 0 Å². The van der Waals surface area contributed by atoms with Crippen LogP contribution in [0.1, 0.15) is 39.5 Å². The van der Waals surface area contributed by atoms with E-state index < -0.39 is 11.7 Å². The van der Waals surface area contributed by atoms with Crippen LogP contribution in [0.3, 0.4) is 0 Å². The van der Waals surface area contributed by atoms with Crippen LogP contribution in [0.25, 0.3) is 0 Å². The lowest BCUT2D eigenvalue weighted by atomic mass is 10.0. The van der Waals surface area contributed by atoms with Crippen molar-refractivity contribution >= 4 is 6.21 Å². The Kier molecular flexibility index (Phi) is 4.59. The SMILES string of the molecule is CC(C)(Oc1ccccc1)[C@H](O)C=NC1CCCC1. The topological polar surface area (TPSA) is 41.8 Å². The maximum Gasteiger partial charge on any atom is 0.134 e. The Hall–Kier alpha value is -1.35. The summed E-state index contributed by atoms with van der Waals surface area (Å²) in [6.45, 7) is 3.76. The molecular weight excluding hydrogens is 238 g/mol. The van der Waals surface area contributed by atoms with Gasteiger partial charge in [-0.15, -0.1) is 0 Å². The number of hydrogen-bond acceptors (Lipinski definition) is 3. The molecular formula is C16H23NO2. The summed E-state index contributed by atoms with van der Waals surface area (Å²) in [6.07, 6.45) is 5.74. The molecule has 0 amide bonds. The summed E-state index contributed by atoms with van der Waals surface area (Å²) < 4.78 is 5.84. The van der Waals surface area contributed by atoms with Gasteiger partial charge < -0.3 is 9.84 Å². The average molecular weight is 261 g/mol. The molecule has 0 saturated heterocycles. The third-order valence-electron chi connectivity index (χ3n) is 3.60. The molecule has 3 nitrogen and oxygen atoms in total. The second-order valence-corrected chi connectivity index (χ2v) is 5.70. The fraction of sp³-hybridized carbons (Fsp3) is 0.562. The summed E-state index contributed by atoms with van der Waals surface area (Å²) in [7, 11) is 0. The van der Waals surface area contributed by atoms with Gasteiger partial charge in [0.25, 0.3) is 0 Å². The average Bonchev–Trinajstić information content (AvgIpc) is 2.89. The molecule has 3 heteroatoms. The molecule has 0 radical (unpaired) electrons. The first-order valence-corrected chi connectivity index (χ1v) is 7.03.